The van der Waals surface area contributed by atoms with Crippen LogP contribution in [-0.4, -0.2) is 25.0 Å². The molecule has 1 heterocycles. The Morgan fingerprint density at radius 3 is 2.69 bits per heavy atom. The molecule has 2 amide bonds. The minimum absolute atomic E-state index is 0.0582. The van der Waals surface area contributed by atoms with Gasteiger partial charge in [-0.25, -0.2) is 0 Å². The van der Waals surface area contributed by atoms with Gasteiger partial charge in [0.25, 0.3) is 0 Å². The number of hydrogen-bond donors (Lipinski definition) is 1. The van der Waals surface area contributed by atoms with E-state index >= 15 is 0 Å². The summed E-state index contributed by atoms with van der Waals surface area (Å²) in [6, 6.07) is 12.7. The number of ether oxygens (including phenoxy) is 1. The molecule has 26 heavy (non-hydrogen) atoms. The molecule has 5 nitrogen and oxygen atoms in total. The van der Waals surface area contributed by atoms with E-state index in [0.29, 0.717) is 23.9 Å². The first-order valence-electron chi connectivity index (χ1n) is 8.58. The highest BCUT2D eigenvalue weighted by atomic mass is 35.5. The normalized spacial score (nSPS) is 16.7. The van der Waals surface area contributed by atoms with Crippen LogP contribution in [0.15, 0.2) is 42.5 Å². The Kier molecular flexibility index (Phi) is 5.47. The highest BCUT2D eigenvalue weighted by Gasteiger charge is 2.35. The third-order valence-corrected chi connectivity index (χ3v) is 4.89. The maximum Gasteiger partial charge on any atom is 0.229 e. The summed E-state index contributed by atoms with van der Waals surface area (Å²) in [6.07, 6.45) is 0.193. The number of halogens is 1. The van der Waals surface area contributed by atoms with Crippen molar-refractivity contribution < 1.29 is 14.3 Å². The summed E-state index contributed by atoms with van der Waals surface area (Å²) in [5.41, 5.74) is 2.26. The van der Waals surface area contributed by atoms with Crippen LogP contribution in [0.3, 0.4) is 0 Å². The molecule has 0 aliphatic carbocycles. The summed E-state index contributed by atoms with van der Waals surface area (Å²) in [7, 11) is 0. The van der Waals surface area contributed by atoms with E-state index < -0.39 is 5.92 Å². The Morgan fingerprint density at radius 2 is 2.00 bits per heavy atom. The van der Waals surface area contributed by atoms with E-state index in [9.17, 15) is 9.59 Å². The Hall–Kier alpha value is -2.53. The van der Waals surface area contributed by atoms with Gasteiger partial charge in [-0.15, -0.1) is 0 Å². The average molecular weight is 373 g/mol. The van der Waals surface area contributed by atoms with Crippen molar-refractivity contribution in [1.82, 2.24) is 0 Å². The van der Waals surface area contributed by atoms with Gasteiger partial charge in [0.15, 0.2) is 0 Å². The first kappa shape index (κ1) is 18.3. The van der Waals surface area contributed by atoms with Gasteiger partial charge >= 0.3 is 0 Å². The van der Waals surface area contributed by atoms with Gasteiger partial charge in [-0.05, 0) is 55.8 Å². The van der Waals surface area contributed by atoms with E-state index in [1.165, 1.54) is 0 Å². The summed E-state index contributed by atoms with van der Waals surface area (Å²) in [5.74, 6) is 0.135. The van der Waals surface area contributed by atoms with Crippen molar-refractivity contribution in [2.75, 3.05) is 23.4 Å². The summed E-state index contributed by atoms with van der Waals surface area (Å²) in [4.78, 5) is 26.6. The average Bonchev–Trinajstić information content (AvgIpc) is 3.02. The van der Waals surface area contributed by atoms with Gasteiger partial charge in [-0.3, -0.25) is 9.59 Å². The summed E-state index contributed by atoms with van der Waals surface area (Å²) < 4.78 is 5.42. The lowest BCUT2D eigenvalue weighted by molar-refractivity contribution is -0.122. The quantitative estimate of drug-likeness (QED) is 0.861. The van der Waals surface area contributed by atoms with Gasteiger partial charge in [0.05, 0.1) is 12.5 Å². The van der Waals surface area contributed by atoms with Crippen molar-refractivity contribution in [2.24, 2.45) is 5.92 Å². The Labute approximate surface area is 157 Å². The molecule has 1 atom stereocenters. The maximum absolute atomic E-state index is 12.6. The van der Waals surface area contributed by atoms with Crippen LogP contribution in [0.5, 0.6) is 5.75 Å². The molecule has 1 unspecified atom stereocenters. The maximum atomic E-state index is 12.6. The minimum atomic E-state index is -0.396. The van der Waals surface area contributed by atoms with Crippen LogP contribution in [0.25, 0.3) is 0 Å². The number of carbonyl (C=O) groups excluding carboxylic acids is 2. The molecule has 1 saturated heterocycles. The summed E-state index contributed by atoms with van der Waals surface area (Å²) in [6.45, 7) is 4.72. The SMILES string of the molecule is CCOc1ccc(N2CC(C(=O)Nc3cccc(Cl)c3C)CC2=O)cc1. The molecule has 2 aromatic rings. The lowest BCUT2D eigenvalue weighted by Crippen LogP contribution is -2.28. The molecule has 0 saturated carbocycles. The Bertz CT molecular complexity index is 820. The lowest BCUT2D eigenvalue weighted by Gasteiger charge is -2.17. The van der Waals surface area contributed by atoms with Gasteiger partial charge in [0.1, 0.15) is 5.75 Å². The zero-order chi connectivity index (χ0) is 18.7. The fourth-order valence-corrected chi connectivity index (χ4v) is 3.17. The molecule has 2 aromatic carbocycles. The summed E-state index contributed by atoms with van der Waals surface area (Å²) >= 11 is 6.09. The molecule has 136 valence electrons. The highest BCUT2D eigenvalue weighted by Crippen LogP contribution is 2.29. The largest absolute Gasteiger partial charge is 0.494 e. The number of anilines is 2. The van der Waals surface area contributed by atoms with Gasteiger partial charge in [-0.2, -0.15) is 0 Å². The second-order valence-corrected chi connectivity index (χ2v) is 6.64. The van der Waals surface area contributed by atoms with Gasteiger partial charge in [-0.1, -0.05) is 17.7 Å². The van der Waals surface area contributed by atoms with Crippen LogP contribution in [-0.2, 0) is 9.59 Å². The molecule has 6 heteroatoms. The second kappa shape index (κ2) is 7.79. The molecule has 1 aliphatic heterocycles. The zero-order valence-electron chi connectivity index (χ0n) is 14.8. The van der Waals surface area contributed by atoms with Crippen LogP contribution >= 0.6 is 11.6 Å². The van der Waals surface area contributed by atoms with Crippen LogP contribution in [0.4, 0.5) is 11.4 Å². The van der Waals surface area contributed by atoms with E-state index in [4.69, 9.17) is 16.3 Å². The second-order valence-electron chi connectivity index (χ2n) is 6.23. The van der Waals surface area contributed by atoms with E-state index in [1.807, 2.05) is 38.1 Å². The summed E-state index contributed by atoms with van der Waals surface area (Å²) in [5, 5.41) is 3.49. The molecule has 1 fully saturated rings. The van der Waals surface area contributed by atoms with E-state index in [1.54, 1.807) is 23.1 Å². The predicted octanol–water partition coefficient (Wildman–Crippen LogP) is 4.04. The monoisotopic (exact) mass is 372 g/mol. The topological polar surface area (TPSA) is 58.6 Å². The van der Waals surface area contributed by atoms with Gasteiger partial charge in [0.2, 0.25) is 11.8 Å². The van der Waals surface area contributed by atoms with E-state index in [2.05, 4.69) is 5.32 Å². The minimum Gasteiger partial charge on any atom is -0.494 e. The molecule has 1 aliphatic rings. The van der Waals surface area contributed by atoms with Crippen molar-refractivity contribution in [3.05, 3.63) is 53.1 Å². The molecule has 0 aromatic heterocycles. The first-order chi connectivity index (χ1) is 12.5. The predicted molar refractivity (Wildman–Crippen MR) is 103 cm³/mol. The number of benzene rings is 2. The fraction of sp³-hybridized carbons (Fsp3) is 0.300. The fourth-order valence-electron chi connectivity index (χ4n) is 3.00. The molecular weight excluding hydrogens is 352 g/mol. The first-order valence-corrected chi connectivity index (χ1v) is 8.96. The Morgan fingerprint density at radius 1 is 1.27 bits per heavy atom. The lowest BCUT2D eigenvalue weighted by atomic mass is 10.1. The third kappa shape index (κ3) is 3.83. The molecule has 0 spiro atoms. The molecular formula is C20H21ClN2O3. The van der Waals surface area contributed by atoms with Crippen molar-refractivity contribution in [1.29, 1.82) is 0 Å². The number of rotatable bonds is 5. The van der Waals surface area contributed by atoms with Crippen molar-refractivity contribution >= 4 is 34.8 Å². The molecule has 0 bridgehead atoms. The van der Waals surface area contributed by atoms with Crippen LogP contribution in [0.2, 0.25) is 5.02 Å². The van der Waals surface area contributed by atoms with Crippen LogP contribution < -0.4 is 15.0 Å². The number of hydrogen-bond acceptors (Lipinski definition) is 3. The van der Waals surface area contributed by atoms with Crippen molar-refractivity contribution in [3.8, 4) is 5.75 Å². The molecule has 1 N–H and O–H groups in total. The smallest absolute Gasteiger partial charge is 0.229 e. The highest BCUT2D eigenvalue weighted by molar-refractivity contribution is 6.31. The Balaban J connectivity index is 1.68. The number of nitrogens with zero attached hydrogens (tertiary/aromatic N) is 1. The number of amides is 2. The van der Waals surface area contributed by atoms with Crippen LogP contribution in [0, 0.1) is 12.8 Å². The van der Waals surface area contributed by atoms with E-state index in [0.717, 1.165) is 17.0 Å². The number of nitrogens with one attached hydrogen (secondary N) is 1. The van der Waals surface area contributed by atoms with Crippen molar-refractivity contribution in [3.63, 3.8) is 0 Å². The third-order valence-electron chi connectivity index (χ3n) is 4.48. The van der Waals surface area contributed by atoms with Crippen molar-refractivity contribution in [2.45, 2.75) is 20.3 Å². The zero-order valence-corrected chi connectivity index (χ0v) is 15.5. The number of carbonyl (C=O) groups is 2. The van der Waals surface area contributed by atoms with Crippen LogP contribution in [0.1, 0.15) is 18.9 Å². The van der Waals surface area contributed by atoms with Gasteiger partial charge < -0.3 is 15.0 Å². The standard InChI is InChI=1S/C20H21ClN2O3/c1-3-26-16-9-7-15(8-10-16)23-12-14(11-19(23)24)20(25)22-18-6-4-5-17(21)13(18)2/h4-10,14H,3,11-12H2,1-2H3,(H,22,25). The van der Waals surface area contributed by atoms with Gasteiger partial charge in [0, 0.05) is 29.4 Å². The van der Waals surface area contributed by atoms with E-state index in [-0.39, 0.29) is 18.2 Å². The molecule has 3 rings (SSSR count). The molecule has 0 radical (unpaired) electrons.